The molecule has 2 rings (SSSR count). The first kappa shape index (κ1) is 14.3. The number of hydrogen-bond acceptors (Lipinski definition) is 5. The molecule has 0 amide bonds. The van der Waals surface area contributed by atoms with Gasteiger partial charge in [-0.15, -0.1) is 5.10 Å². The Hall–Kier alpha value is -2.11. The van der Waals surface area contributed by atoms with Crippen LogP contribution in [0.4, 0.5) is 5.69 Å². The Morgan fingerprint density at radius 1 is 1.35 bits per heavy atom. The third-order valence-electron chi connectivity index (χ3n) is 3.57. The maximum atomic E-state index is 6.06. The highest BCUT2D eigenvalue weighted by Crippen LogP contribution is 2.34. The average molecular weight is 275 g/mol. The van der Waals surface area contributed by atoms with Crippen molar-refractivity contribution >= 4 is 5.69 Å². The predicted octanol–water partition coefficient (Wildman–Crippen LogP) is 2.37. The average Bonchev–Trinajstić information content (AvgIpc) is 2.85. The van der Waals surface area contributed by atoms with Crippen LogP contribution in [-0.4, -0.2) is 27.3 Å². The highest BCUT2D eigenvalue weighted by Gasteiger charge is 2.22. The van der Waals surface area contributed by atoms with E-state index in [4.69, 9.17) is 10.5 Å². The summed E-state index contributed by atoms with van der Waals surface area (Å²) in [7, 11) is 1.61. The Bertz CT molecular complexity index is 591. The summed E-state index contributed by atoms with van der Waals surface area (Å²) in [5.74, 6) is 1.32. The third-order valence-corrected chi connectivity index (χ3v) is 3.57. The minimum Gasteiger partial charge on any atom is -0.496 e. The van der Waals surface area contributed by atoms with Gasteiger partial charge in [-0.2, -0.15) is 0 Å². The van der Waals surface area contributed by atoms with E-state index in [1.807, 2.05) is 18.2 Å². The first-order chi connectivity index (χ1) is 9.48. The quantitative estimate of drug-likeness (QED) is 0.847. The summed E-state index contributed by atoms with van der Waals surface area (Å²) in [5.41, 5.74) is 7.53. The molecule has 1 aromatic carbocycles. The molecule has 0 fully saturated rings. The van der Waals surface area contributed by atoms with Crippen LogP contribution in [0.2, 0.25) is 0 Å². The van der Waals surface area contributed by atoms with Crippen LogP contribution in [0.3, 0.4) is 0 Å². The normalized spacial score (nSPS) is 11.6. The number of rotatable bonds is 5. The molecule has 0 aliphatic heterocycles. The van der Waals surface area contributed by atoms with Crippen molar-refractivity contribution in [2.24, 2.45) is 5.41 Å². The fraction of sp³-hybridized carbons (Fsp3) is 0.500. The van der Waals surface area contributed by atoms with E-state index in [1.165, 1.54) is 0 Å². The van der Waals surface area contributed by atoms with Crippen LogP contribution in [0.1, 0.15) is 27.2 Å². The second-order valence-corrected chi connectivity index (χ2v) is 5.60. The SMILES string of the molecule is CCC(C)(C)Cn1nnnc1-c1c(N)cccc1OC. The van der Waals surface area contributed by atoms with Crippen molar-refractivity contribution in [3.8, 4) is 17.1 Å². The molecule has 20 heavy (non-hydrogen) atoms. The van der Waals surface area contributed by atoms with Gasteiger partial charge in [0.15, 0.2) is 5.82 Å². The number of anilines is 1. The van der Waals surface area contributed by atoms with Gasteiger partial charge >= 0.3 is 0 Å². The summed E-state index contributed by atoms with van der Waals surface area (Å²) in [6.07, 6.45) is 1.04. The van der Waals surface area contributed by atoms with E-state index in [0.717, 1.165) is 18.5 Å². The molecule has 0 radical (unpaired) electrons. The van der Waals surface area contributed by atoms with Crippen molar-refractivity contribution < 1.29 is 4.74 Å². The lowest BCUT2D eigenvalue weighted by Crippen LogP contribution is -2.20. The van der Waals surface area contributed by atoms with Crippen molar-refractivity contribution in [3.63, 3.8) is 0 Å². The first-order valence-corrected chi connectivity index (χ1v) is 6.67. The Morgan fingerprint density at radius 3 is 2.75 bits per heavy atom. The molecule has 0 saturated heterocycles. The standard InChI is InChI=1S/C14H21N5O/c1-5-14(2,3)9-19-13(16-17-18-19)12-10(15)7-6-8-11(12)20-4/h6-8H,5,9,15H2,1-4H3. The topological polar surface area (TPSA) is 78.9 Å². The lowest BCUT2D eigenvalue weighted by atomic mass is 9.90. The van der Waals surface area contributed by atoms with Crippen LogP contribution in [-0.2, 0) is 6.54 Å². The fourth-order valence-electron chi connectivity index (χ4n) is 1.96. The van der Waals surface area contributed by atoms with Crippen LogP contribution in [0.15, 0.2) is 18.2 Å². The molecule has 1 heterocycles. The number of methoxy groups -OCH3 is 1. The van der Waals surface area contributed by atoms with E-state index in [9.17, 15) is 0 Å². The molecule has 0 bridgehead atoms. The molecule has 2 aromatic rings. The van der Waals surface area contributed by atoms with E-state index in [-0.39, 0.29) is 5.41 Å². The Kier molecular flexibility index (Phi) is 3.92. The van der Waals surface area contributed by atoms with E-state index < -0.39 is 0 Å². The van der Waals surface area contributed by atoms with Crippen molar-refractivity contribution in [2.45, 2.75) is 33.7 Å². The van der Waals surface area contributed by atoms with Gasteiger partial charge in [0.25, 0.3) is 0 Å². The summed E-state index contributed by atoms with van der Waals surface area (Å²) in [6, 6.07) is 5.53. The zero-order valence-corrected chi connectivity index (χ0v) is 12.4. The number of nitrogen functional groups attached to an aromatic ring is 1. The Morgan fingerprint density at radius 2 is 2.10 bits per heavy atom. The van der Waals surface area contributed by atoms with Gasteiger partial charge in [0, 0.05) is 5.69 Å². The van der Waals surface area contributed by atoms with Crippen molar-refractivity contribution in [1.29, 1.82) is 0 Å². The summed E-state index contributed by atoms with van der Waals surface area (Å²) in [4.78, 5) is 0. The maximum absolute atomic E-state index is 6.06. The van der Waals surface area contributed by atoms with Crippen LogP contribution in [0.5, 0.6) is 5.75 Å². The molecule has 0 saturated carbocycles. The molecule has 2 N–H and O–H groups in total. The summed E-state index contributed by atoms with van der Waals surface area (Å²) in [5, 5.41) is 12.0. The highest BCUT2D eigenvalue weighted by molar-refractivity contribution is 5.77. The predicted molar refractivity (Wildman–Crippen MR) is 78.3 cm³/mol. The van der Waals surface area contributed by atoms with Crippen LogP contribution in [0.25, 0.3) is 11.4 Å². The smallest absolute Gasteiger partial charge is 0.187 e. The first-order valence-electron chi connectivity index (χ1n) is 6.67. The third kappa shape index (κ3) is 2.74. The molecule has 0 atom stereocenters. The summed E-state index contributed by atoms with van der Waals surface area (Å²) < 4.78 is 7.16. The minimum absolute atomic E-state index is 0.112. The zero-order chi connectivity index (χ0) is 14.8. The van der Waals surface area contributed by atoms with Crippen molar-refractivity contribution in [1.82, 2.24) is 20.2 Å². The molecule has 6 heteroatoms. The molecule has 6 nitrogen and oxygen atoms in total. The Balaban J connectivity index is 2.48. The van der Waals surface area contributed by atoms with E-state index >= 15 is 0 Å². The van der Waals surface area contributed by atoms with E-state index in [1.54, 1.807) is 11.8 Å². The van der Waals surface area contributed by atoms with Crippen LogP contribution < -0.4 is 10.5 Å². The van der Waals surface area contributed by atoms with Gasteiger partial charge in [0.2, 0.25) is 0 Å². The molecular formula is C14H21N5O. The molecular weight excluding hydrogens is 254 g/mol. The summed E-state index contributed by atoms with van der Waals surface area (Å²) >= 11 is 0. The molecule has 0 aliphatic rings. The second-order valence-electron chi connectivity index (χ2n) is 5.60. The number of nitrogens with zero attached hydrogens (tertiary/aromatic N) is 4. The molecule has 108 valence electrons. The largest absolute Gasteiger partial charge is 0.496 e. The Labute approximate surface area is 118 Å². The van der Waals surface area contributed by atoms with Gasteiger partial charge in [0.1, 0.15) is 5.75 Å². The summed E-state index contributed by atoms with van der Waals surface area (Å²) in [6.45, 7) is 7.25. The number of nitrogens with two attached hydrogens (primary N) is 1. The second kappa shape index (κ2) is 5.48. The van der Waals surface area contributed by atoms with Gasteiger partial charge in [-0.3, -0.25) is 0 Å². The van der Waals surface area contributed by atoms with E-state index in [2.05, 4.69) is 36.3 Å². The zero-order valence-electron chi connectivity index (χ0n) is 12.4. The number of aromatic nitrogens is 4. The van der Waals surface area contributed by atoms with Crippen molar-refractivity contribution in [2.75, 3.05) is 12.8 Å². The van der Waals surface area contributed by atoms with Crippen molar-refractivity contribution in [3.05, 3.63) is 18.2 Å². The number of tetrazole rings is 1. The van der Waals surface area contributed by atoms with Crippen LogP contribution >= 0.6 is 0 Å². The maximum Gasteiger partial charge on any atom is 0.187 e. The van der Waals surface area contributed by atoms with Gasteiger partial charge < -0.3 is 10.5 Å². The minimum atomic E-state index is 0.112. The molecule has 0 aliphatic carbocycles. The molecule has 0 unspecified atom stereocenters. The fourth-order valence-corrected chi connectivity index (χ4v) is 1.96. The monoisotopic (exact) mass is 275 g/mol. The number of benzene rings is 1. The van der Waals surface area contributed by atoms with Gasteiger partial charge in [-0.1, -0.05) is 26.8 Å². The van der Waals surface area contributed by atoms with Crippen LogP contribution in [0, 0.1) is 5.41 Å². The van der Waals surface area contributed by atoms with Gasteiger partial charge in [0.05, 0.1) is 19.2 Å². The molecule has 0 spiro atoms. The van der Waals surface area contributed by atoms with Gasteiger partial charge in [-0.05, 0) is 34.4 Å². The molecule has 1 aromatic heterocycles. The highest BCUT2D eigenvalue weighted by atomic mass is 16.5. The number of hydrogen-bond donors (Lipinski definition) is 1. The lowest BCUT2D eigenvalue weighted by Gasteiger charge is -2.22. The van der Waals surface area contributed by atoms with E-state index in [0.29, 0.717) is 17.3 Å². The number of ether oxygens (including phenoxy) is 1. The lowest BCUT2D eigenvalue weighted by molar-refractivity contribution is 0.279. The van der Waals surface area contributed by atoms with Gasteiger partial charge in [-0.25, -0.2) is 4.68 Å².